The molecule has 3 nitrogen and oxygen atoms in total. The van der Waals surface area contributed by atoms with Crippen LogP contribution in [0.1, 0.15) is 54.2 Å². The third-order valence-electron chi connectivity index (χ3n) is 4.41. The quantitative estimate of drug-likeness (QED) is 0.850. The minimum atomic E-state index is -0.852. The molecule has 1 unspecified atom stereocenters. The smallest absolute Gasteiger partial charge is 0.336 e. The maximum Gasteiger partial charge on any atom is 0.336 e. The Morgan fingerprint density at radius 1 is 1.43 bits per heavy atom. The highest BCUT2D eigenvalue weighted by molar-refractivity contribution is 9.10. The van der Waals surface area contributed by atoms with E-state index in [2.05, 4.69) is 29.8 Å². The fourth-order valence-electron chi connectivity index (χ4n) is 3.41. The number of aromatic carboxylic acids is 1. The second-order valence-electron chi connectivity index (χ2n) is 6.03. The van der Waals surface area contributed by atoms with Gasteiger partial charge in [-0.3, -0.25) is 4.98 Å². The number of halogens is 1. The average Bonchev–Trinajstić information content (AvgIpc) is 2.44. The number of fused-ring (bicyclic) bond motifs is 2. The highest BCUT2D eigenvalue weighted by Gasteiger charge is 2.30. The number of aromatic nitrogens is 1. The lowest BCUT2D eigenvalue weighted by Gasteiger charge is -2.29. The lowest BCUT2D eigenvalue weighted by Crippen LogP contribution is -2.20. The first-order valence-electron chi connectivity index (χ1n) is 7.35. The van der Waals surface area contributed by atoms with E-state index in [9.17, 15) is 9.90 Å². The van der Waals surface area contributed by atoms with Crippen molar-refractivity contribution in [2.24, 2.45) is 5.92 Å². The Labute approximate surface area is 132 Å². The van der Waals surface area contributed by atoms with Crippen LogP contribution in [-0.2, 0) is 6.42 Å². The van der Waals surface area contributed by atoms with Crippen molar-refractivity contribution in [1.82, 2.24) is 4.98 Å². The Balaban J connectivity index is 2.40. The van der Waals surface area contributed by atoms with Crippen molar-refractivity contribution < 1.29 is 9.90 Å². The second-order valence-corrected chi connectivity index (χ2v) is 6.89. The van der Waals surface area contributed by atoms with Gasteiger partial charge in [0.15, 0.2) is 0 Å². The van der Waals surface area contributed by atoms with E-state index in [-0.39, 0.29) is 0 Å². The molecule has 2 aromatic rings. The Morgan fingerprint density at radius 2 is 2.19 bits per heavy atom. The van der Waals surface area contributed by atoms with Crippen LogP contribution in [0, 0.1) is 5.92 Å². The summed E-state index contributed by atoms with van der Waals surface area (Å²) in [6.45, 7) is 4.37. The van der Waals surface area contributed by atoms with Gasteiger partial charge in [-0.05, 0) is 42.9 Å². The standard InChI is InChI=1S/C17H18BrNO2/c1-9(2)10-5-3-6-11-14(17(20)21)15-12(18)7-4-8-13(15)19-16(10)11/h4,7-10H,3,5-6H2,1-2H3,(H,20,21). The first kappa shape index (κ1) is 14.5. The van der Waals surface area contributed by atoms with Crippen LogP contribution in [0.3, 0.4) is 0 Å². The first-order chi connectivity index (χ1) is 10.0. The van der Waals surface area contributed by atoms with Gasteiger partial charge >= 0.3 is 5.97 Å². The highest BCUT2D eigenvalue weighted by atomic mass is 79.9. The van der Waals surface area contributed by atoms with Crippen LogP contribution in [0.2, 0.25) is 0 Å². The van der Waals surface area contributed by atoms with E-state index in [1.807, 2.05) is 18.2 Å². The Morgan fingerprint density at radius 3 is 2.86 bits per heavy atom. The molecule has 1 heterocycles. The molecule has 1 N–H and O–H groups in total. The number of nitrogens with zero attached hydrogens (tertiary/aromatic N) is 1. The van der Waals surface area contributed by atoms with Crippen LogP contribution in [0.25, 0.3) is 10.9 Å². The molecular weight excluding hydrogens is 330 g/mol. The molecule has 4 heteroatoms. The van der Waals surface area contributed by atoms with E-state index < -0.39 is 5.97 Å². The molecule has 1 aliphatic rings. The monoisotopic (exact) mass is 347 g/mol. The summed E-state index contributed by atoms with van der Waals surface area (Å²) < 4.78 is 0.805. The topological polar surface area (TPSA) is 50.2 Å². The van der Waals surface area contributed by atoms with Crippen LogP contribution >= 0.6 is 15.9 Å². The maximum absolute atomic E-state index is 11.9. The zero-order valence-corrected chi connectivity index (χ0v) is 13.8. The maximum atomic E-state index is 11.9. The average molecular weight is 348 g/mol. The summed E-state index contributed by atoms with van der Waals surface area (Å²) in [4.78, 5) is 16.7. The molecule has 1 atom stereocenters. The Kier molecular flexibility index (Phi) is 3.74. The molecule has 110 valence electrons. The molecule has 0 radical (unpaired) electrons. The summed E-state index contributed by atoms with van der Waals surface area (Å²) in [6.07, 6.45) is 2.94. The number of hydrogen-bond donors (Lipinski definition) is 1. The van der Waals surface area contributed by atoms with Crippen LogP contribution in [0.15, 0.2) is 22.7 Å². The van der Waals surface area contributed by atoms with Gasteiger partial charge in [-0.1, -0.05) is 35.8 Å². The molecule has 0 saturated heterocycles. The van der Waals surface area contributed by atoms with Crippen molar-refractivity contribution in [3.8, 4) is 0 Å². The number of carbonyl (C=O) groups is 1. The molecule has 0 spiro atoms. The summed E-state index contributed by atoms with van der Waals surface area (Å²) in [7, 11) is 0. The fourth-order valence-corrected chi connectivity index (χ4v) is 3.96. The number of benzene rings is 1. The minimum absolute atomic E-state index is 0.357. The molecule has 1 aromatic heterocycles. The normalized spacial score (nSPS) is 18.0. The third kappa shape index (κ3) is 2.35. The molecule has 0 aliphatic heterocycles. The molecular formula is C17H18BrNO2. The van der Waals surface area contributed by atoms with Crippen molar-refractivity contribution in [1.29, 1.82) is 0 Å². The molecule has 1 aromatic carbocycles. The minimum Gasteiger partial charge on any atom is -0.478 e. The largest absolute Gasteiger partial charge is 0.478 e. The van der Waals surface area contributed by atoms with E-state index in [1.54, 1.807) is 0 Å². The van der Waals surface area contributed by atoms with Crippen molar-refractivity contribution in [3.63, 3.8) is 0 Å². The van der Waals surface area contributed by atoms with E-state index in [0.29, 0.717) is 17.4 Å². The van der Waals surface area contributed by atoms with Crippen LogP contribution in [0.4, 0.5) is 0 Å². The molecule has 0 fully saturated rings. The SMILES string of the molecule is CC(C)C1CCCc2c1nc1cccc(Br)c1c2C(=O)O. The third-order valence-corrected chi connectivity index (χ3v) is 5.07. The molecule has 0 saturated carbocycles. The van der Waals surface area contributed by atoms with Crippen molar-refractivity contribution in [3.05, 3.63) is 39.5 Å². The van der Waals surface area contributed by atoms with Gasteiger partial charge in [0.25, 0.3) is 0 Å². The fraction of sp³-hybridized carbons (Fsp3) is 0.412. The van der Waals surface area contributed by atoms with Gasteiger partial charge in [-0.25, -0.2) is 4.79 Å². The molecule has 21 heavy (non-hydrogen) atoms. The zero-order valence-electron chi connectivity index (χ0n) is 12.2. The van der Waals surface area contributed by atoms with Gasteiger partial charge in [0.2, 0.25) is 0 Å². The Hall–Kier alpha value is -1.42. The van der Waals surface area contributed by atoms with Gasteiger partial charge in [0.05, 0.1) is 11.1 Å². The van der Waals surface area contributed by atoms with Crippen molar-refractivity contribution in [2.45, 2.75) is 39.0 Å². The number of hydrogen-bond acceptors (Lipinski definition) is 2. The first-order valence-corrected chi connectivity index (χ1v) is 8.14. The predicted molar refractivity (Wildman–Crippen MR) is 86.9 cm³/mol. The van der Waals surface area contributed by atoms with Crippen molar-refractivity contribution >= 4 is 32.8 Å². The lowest BCUT2D eigenvalue weighted by molar-refractivity contribution is 0.0697. The van der Waals surface area contributed by atoms with Gasteiger partial charge in [-0.15, -0.1) is 0 Å². The summed E-state index contributed by atoms with van der Waals surface area (Å²) >= 11 is 3.48. The summed E-state index contributed by atoms with van der Waals surface area (Å²) in [5.74, 6) is -0.0204. The number of rotatable bonds is 2. The van der Waals surface area contributed by atoms with Crippen LogP contribution < -0.4 is 0 Å². The predicted octanol–water partition coefficient (Wildman–Crippen LogP) is 4.77. The molecule has 1 aliphatic carbocycles. The number of carboxylic acid groups (broad SMARTS) is 1. The van der Waals surface area contributed by atoms with Gasteiger partial charge in [0, 0.05) is 21.5 Å². The van der Waals surface area contributed by atoms with E-state index in [1.165, 1.54) is 0 Å². The summed E-state index contributed by atoms with van der Waals surface area (Å²) in [5, 5.41) is 10.5. The van der Waals surface area contributed by atoms with Gasteiger partial charge in [-0.2, -0.15) is 0 Å². The summed E-state index contributed by atoms with van der Waals surface area (Å²) in [5.41, 5.74) is 3.15. The molecule has 3 rings (SSSR count). The van der Waals surface area contributed by atoms with Gasteiger partial charge in [0.1, 0.15) is 0 Å². The molecule has 0 amide bonds. The summed E-state index contributed by atoms with van der Waals surface area (Å²) in [6, 6.07) is 5.69. The van der Waals surface area contributed by atoms with E-state index in [4.69, 9.17) is 4.98 Å². The second kappa shape index (κ2) is 5.41. The van der Waals surface area contributed by atoms with Gasteiger partial charge < -0.3 is 5.11 Å². The van der Waals surface area contributed by atoms with Crippen molar-refractivity contribution in [2.75, 3.05) is 0 Å². The number of pyridine rings is 1. The van der Waals surface area contributed by atoms with E-state index >= 15 is 0 Å². The van der Waals surface area contributed by atoms with Crippen LogP contribution in [-0.4, -0.2) is 16.1 Å². The zero-order chi connectivity index (χ0) is 15.1. The lowest BCUT2D eigenvalue weighted by atomic mass is 9.78. The van der Waals surface area contributed by atoms with Crippen LogP contribution in [0.5, 0.6) is 0 Å². The highest BCUT2D eigenvalue weighted by Crippen LogP contribution is 2.40. The number of carboxylic acids is 1. The van der Waals surface area contributed by atoms with E-state index in [0.717, 1.165) is 45.9 Å². The molecule has 0 bridgehead atoms. The Bertz CT molecular complexity index is 724.